The Labute approximate surface area is 174 Å². The first-order chi connectivity index (χ1) is 13.1. The van der Waals surface area contributed by atoms with Crippen LogP contribution < -0.4 is 0 Å². The Kier molecular flexibility index (Phi) is 20.7. The van der Waals surface area contributed by atoms with Crippen LogP contribution in [0.25, 0.3) is 0 Å². The molecular formula is C26H56N+. The van der Waals surface area contributed by atoms with Gasteiger partial charge in [-0.1, -0.05) is 122 Å². The Morgan fingerprint density at radius 3 is 0.889 bits per heavy atom. The Balaban J connectivity index is 3.05. The molecule has 0 aliphatic carbocycles. The molecule has 0 aliphatic rings. The molecule has 0 unspecified atom stereocenters. The zero-order chi connectivity index (χ0) is 20.1. The quantitative estimate of drug-likeness (QED) is 0.129. The van der Waals surface area contributed by atoms with Crippen molar-refractivity contribution < 1.29 is 4.48 Å². The highest BCUT2D eigenvalue weighted by Gasteiger charge is 2.09. The maximum atomic E-state index is 2.36. The second-order valence-corrected chi connectivity index (χ2v) is 9.69. The normalized spacial score (nSPS) is 12.0. The molecule has 27 heavy (non-hydrogen) atoms. The van der Waals surface area contributed by atoms with Gasteiger partial charge in [-0.25, -0.2) is 0 Å². The minimum Gasteiger partial charge on any atom is -0.329 e. The molecule has 0 N–H and O–H groups in total. The topological polar surface area (TPSA) is 0 Å². The monoisotopic (exact) mass is 382 g/mol. The molecule has 164 valence electrons. The van der Waals surface area contributed by atoms with Gasteiger partial charge in [0.2, 0.25) is 0 Å². The highest BCUT2D eigenvalue weighted by atomic mass is 15.3. The molecular weight excluding hydrogens is 326 g/mol. The molecule has 0 rings (SSSR count). The van der Waals surface area contributed by atoms with Crippen molar-refractivity contribution in [3.63, 3.8) is 0 Å². The average molecular weight is 383 g/mol. The van der Waals surface area contributed by atoms with Crippen molar-refractivity contribution in [2.75, 3.05) is 27.2 Å². The van der Waals surface area contributed by atoms with Gasteiger partial charge in [-0.15, -0.1) is 0 Å². The molecule has 0 aromatic heterocycles. The van der Waals surface area contributed by atoms with Gasteiger partial charge in [0.05, 0.1) is 27.2 Å². The van der Waals surface area contributed by atoms with E-state index in [4.69, 9.17) is 0 Å². The Hall–Kier alpha value is -0.0400. The number of nitrogens with zero attached hydrogens (tertiary/aromatic N) is 1. The molecule has 0 saturated heterocycles. The molecule has 0 amide bonds. The van der Waals surface area contributed by atoms with Gasteiger partial charge in [0.15, 0.2) is 0 Å². The van der Waals surface area contributed by atoms with Gasteiger partial charge >= 0.3 is 0 Å². The van der Waals surface area contributed by atoms with Gasteiger partial charge in [0, 0.05) is 0 Å². The number of rotatable bonds is 22. The molecule has 0 heterocycles. The zero-order valence-electron chi connectivity index (χ0n) is 20.0. The molecule has 0 aliphatic heterocycles. The smallest absolute Gasteiger partial charge is 0.0782 e. The lowest BCUT2D eigenvalue weighted by atomic mass is 10.0. The fourth-order valence-corrected chi connectivity index (χ4v) is 3.95. The predicted molar refractivity (Wildman–Crippen MR) is 126 cm³/mol. The second kappa shape index (κ2) is 20.7. The largest absolute Gasteiger partial charge is 0.329 e. The van der Waals surface area contributed by atoms with Crippen LogP contribution in [0.1, 0.15) is 142 Å². The van der Waals surface area contributed by atoms with E-state index < -0.39 is 0 Å². The molecule has 0 bridgehead atoms. The first-order valence-corrected chi connectivity index (χ1v) is 12.9. The third-order valence-electron chi connectivity index (χ3n) is 6.47. The maximum Gasteiger partial charge on any atom is 0.0782 e. The lowest BCUT2D eigenvalue weighted by Gasteiger charge is -2.28. The van der Waals surface area contributed by atoms with E-state index in [1.807, 2.05) is 0 Å². The molecule has 0 aromatic rings. The third-order valence-corrected chi connectivity index (χ3v) is 6.47. The van der Waals surface area contributed by atoms with Crippen LogP contribution >= 0.6 is 0 Å². The summed E-state index contributed by atoms with van der Waals surface area (Å²) in [6, 6.07) is 0. The number of unbranched alkanes of at least 4 members (excludes halogenated alkanes) is 19. The third kappa shape index (κ3) is 22.1. The first-order valence-electron chi connectivity index (χ1n) is 12.9. The van der Waals surface area contributed by atoms with Crippen LogP contribution in [0.15, 0.2) is 0 Å². The number of hydrogen-bond acceptors (Lipinski definition) is 0. The van der Waals surface area contributed by atoms with Crippen molar-refractivity contribution in [3.8, 4) is 0 Å². The summed E-state index contributed by atoms with van der Waals surface area (Å²) in [4.78, 5) is 0. The molecule has 0 fully saturated rings. The molecule has 1 heteroatoms. The van der Waals surface area contributed by atoms with Crippen molar-refractivity contribution in [1.29, 1.82) is 0 Å². The van der Waals surface area contributed by atoms with Crippen molar-refractivity contribution in [1.82, 2.24) is 0 Å². The van der Waals surface area contributed by atoms with Gasteiger partial charge in [0.25, 0.3) is 0 Å². The summed E-state index contributed by atoms with van der Waals surface area (Å²) in [7, 11) is 4.71. The van der Waals surface area contributed by atoms with Crippen LogP contribution in [0.3, 0.4) is 0 Å². The van der Waals surface area contributed by atoms with Crippen molar-refractivity contribution in [2.45, 2.75) is 142 Å². The molecule has 0 radical (unpaired) electrons. The minimum absolute atomic E-state index is 1.19. The van der Waals surface area contributed by atoms with E-state index in [1.165, 1.54) is 146 Å². The summed E-state index contributed by atoms with van der Waals surface area (Å²) >= 11 is 0. The molecule has 0 spiro atoms. The summed E-state index contributed by atoms with van der Waals surface area (Å²) in [5.74, 6) is 0. The second-order valence-electron chi connectivity index (χ2n) is 9.69. The zero-order valence-corrected chi connectivity index (χ0v) is 20.0. The predicted octanol–water partition coefficient (Wildman–Crippen LogP) is 8.90. The van der Waals surface area contributed by atoms with Gasteiger partial charge in [-0.3, -0.25) is 0 Å². The summed E-state index contributed by atoms with van der Waals surface area (Å²) in [6.07, 6.45) is 29.4. The molecule has 1 nitrogen and oxygen atoms in total. The van der Waals surface area contributed by atoms with E-state index in [2.05, 4.69) is 27.9 Å². The van der Waals surface area contributed by atoms with Crippen LogP contribution in [-0.4, -0.2) is 31.7 Å². The van der Waals surface area contributed by atoms with Crippen LogP contribution in [0.5, 0.6) is 0 Å². The fourth-order valence-electron chi connectivity index (χ4n) is 3.95. The standard InChI is InChI=1S/C26H56N/c1-5-7-8-9-10-11-12-13-14-15-16-17-18-19-20-21-22-23-24-25-26-27(3,4)6-2/h5-26H2,1-4H3/q+1. The van der Waals surface area contributed by atoms with Crippen LogP contribution in [0.4, 0.5) is 0 Å². The van der Waals surface area contributed by atoms with E-state index in [0.29, 0.717) is 0 Å². The lowest BCUT2D eigenvalue weighted by molar-refractivity contribution is -0.888. The van der Waals surface area contributed by atoms with Gasteiger partial charge < -0.3 is 4.48 Å². The summed E-state index contributed by atoms with van der Waals surface area (Å²) < 4.78 is 1.19. The van der Waals surface area contributed by atoms with E-state index in [1.54, 1.807) is 0 Å². The first kappa shape index (κ1) is 27.0. The SMILES string of the molecule is CCCCCCCCCCCCCCCCCCCCCC[N+](C)(C)CC. The van der Waals surface area contributed by atoms with Crippen LogP contribution in [0, 0.1) is 0 Å². The summed E-state index contributed by atoms with van der Waals surface area (Å²) in [6.45, 7) is 7.22. The molecule has 0 saturated carbocycles. The molecule has 0 atom stereocenters. The molecule has 0 aromatic carbocycles. The highest BCUT2D eigenvalue weighted by Crippen LogP contribution is 2.15. The lowest BCUT2D eigenvalue weighted by Crippen LogP contribution is -2.39. The maximum absolute atomic E-state index is 2.36. The Morgan fingerprint density at radius 1 is 0.370 bits per heavy atom. The van der Waals surface area contributed by atoms with E-state index in [-0.39, 0.29) is 0 Å². The van der Waals surface area contributed by atoms with E-state index >= 15 is 0 Å². The van der Waals surface area contributed by atoms with Gasteiger partial charge in [-0.05, 0) is 19.8 Å². The average Bonchev–Trinajstić information content (AvgIpc) is 2.66. The highest BCUT2D eigenvalue weighted by molar-refractivity contribution is 4.51. The van der Waals surface area contributed by atoms with Crippen molar-refractivity contribution in [3.05, 3.63) is 0 Å². The van der Waals surface area contributed by atoms with E-state index in [0.717, 1.165) is 0 Å². The number of hydrogen-bond donors (Lipinski definition) is 0. The Morgan fingerprint density at radius 2 is 0.630 bits per heavy atom. The Bertz CT molecular complexity index is 271. The summed E-state index contributed by atoms with van der Waals surface area (Å²) in [5, 5.41) is 0. The van der Waals surface area contributed by atoms with Crippen LogP contribution in [0.2, 0.25) is 0 Å². The van der Waals surface area contributed by atoms with Gasteiger partial charge in [-0.2, -0.15) is 0 Å². The number of quaternary nitrogens is 1. The van der Waals surface area contributed by atoms with Gasteiger partial charge in [0.1, 0.15) is 0 Å². The van der Waals surface area contributed by atoms with Crippen LogP contribution in [-0.2, 0) is 0 Å². The van der Waals surface area contributed by atoms with Crippen molar-refractivity contribution >= 4 is 0 Å². The minimum atomic E-state index is 1.19. The summed E-state index contributed by atoms with van der Waals surface area (Å²) in [5.41, 5.74) is 0. The fraction of sp³-hybridized carbons (Fsp3) is 1.00. The van der Waals surface area contributed by atoms with E-state index in [9.17, 15) is 0 Å². The van der Waals surface area contributed by atoms with Crippen molar-refractivity contribution in [2.24, 2.45) is 0 Å².